The van der Waals surface area contributed by atoms with Crippen molar-refractivity contribution in [3.8, 4) is 0 Å². The van der Waals surface area contributed by atoms with E-state index in [1.807, 2.05) is 0 Å². The van der Waals surface area contributed by atoms with E-state index in [4.69, 9.17) is 90.7 Å². The number of hydrogen-bond acceptors (Lipinski definition) is 17. The molecule has 0 heterocycles. The highest BCUT2D eigenvalue weighted by atomic mass is 31.2. The largest absolute Gasteiger partial charge is 0.481 e. The average Bonchev–Trinajstić information content (AvgIpc) is 2.88. The van der Waals surface area contributed by atoms with Crippen molar-refractivity contribution in [2.24, 2.45) is 0 Å². The van der Waals surface area contributed by atoms with Crippen molar-refractivity contribution in [2.75, 3.05) is 13.2 Å². The zero-order valence-electron chi connectivity index (χ0n) is 21.1. The third kappa shape index (κ3) is 24.1. The zero-order valence-corrected chi connectivity index (χ0v) is 22.0. The second-order valence-electron chi connectivity index (χ2n) is 7.71. The highest BCUT2D eigenvalue weighted by Crippen LogP contribution is 2.25. The first-order valence-corrected chi connectivity index (χ1v) is 12.2. The Balaban J connectivity index is -0.000000238. The van der Waals surface area contributed by atoms with Gasteiger partial charge in [0.2, 0.25) is 0 Å². The summed E-state index contributed by atoms with van der Waals surface area (Å²) < 4.78 is 8.88. The van der Waals surface area contributed by atoms with E-state index in [1.54, 1.807) is 0 Å². The number of aldehydes is 2. The van der Waals surface area contributed by atoms with Gasteiger partial charge in [-0.15, -0.1) is 0 Å². The highest BCUT2D eigenvalue weighted by molar-refractivity contribution is 7.45. The molecule has 0 radical (unpaired) electrons. The summed E-state index contributed by atoms with van der Waals surface area (Å²) in [6.07, 6.45) is -16.0. The third-order valence-electron chi connectivity index (χ3n) is 4.13. The van der Waals surface area contributed by atoms with Gasteiger partial charge in [0, 0.05) is 0 Å². The van der Waals surface area contributed by atoms with Gasteiger partial charge in [0.25, 0.3) is 0 Å². The summed E-state index contributed by atoms with van der Waals surface area (Å²) in [6, 6.07) is 0. The topological polar surface area (TPSA) is 446 Å². The fourth-order valence-corrected chi connectivity index (χ4v) is 1.95. The van der Waals surface area contributed by atoms with Crippen LogP contribution in [0.5, 0.6) is 0 Å². The molecular formula is C18H35O23P. The van der Waals surface area contributed by atoms with Crippen molar-refractivity contribution in [2.45, 2.75) is 67.3 Å². The van der Waals surface area contributed by atoms with Gasteiger partial charge < -0.3 is 95.8 Å². The first kappa shape index (κ1) is 46.4. The Bertz CT molecular complexity index is 789. The molecule has 0 saturated carbocycles. The van der Waals surface area contributed by atoms with E-state index in [-0.39, 0.29) is 12.6 Å². The van der Waals surface area contributed by atoms with Crippen molar-refractivity contribution >= 4 is 38.3 Å². The van der Waals surface area contributed by atoms with Crippen LogP contribution in [0.3, 0.4) is 0 Å². The molecule has 0 aromatic rings. The minimum absolute atomic E-state index is 0.0258. The molecule has 0 amide bonds. The van der Waals surface area contributed by atoms with Crippen LogP contribution in [0.2, 0.25) is 0 Å². The Kier molecular flexibility index (Phi) is 25.3. The third-order valence-corrected chi connectivity index (χ3v) is 4.13. The second kappa shape index (κ2) is 22.9. The van der Waals surface area contributed by atoms with E-state index < -0.39 is 106 Å². The van der Waals surface area contributed by atoms with Crippen LogP contribution < -0.4 is 0 Å². The summed E-state index contributed by atoms with van der Waals surface area (Å²) in [4.78, 5) is 71.8. The van der Waals surface area contributed by atoms with Crippen LogP contribution in [0.4, 0.5) is 0 Å². The first-order chi connectivity index (χ1) is 18.9. The molecule has 0 unspecified atom stereocenters. The fraction of sp³-hybridized carbons (Fsp3) is 0.722. The highest BCUT2D eigenvalue weighted by Gasteiger charge is 2.40. The number of phosphoric acid groups is 1. The normalized spacial score (nSPS) is 16.8. The lowest BCUT2D eigenvalue weighted by molar-refractivity contribution is -0.170. The molecule has 0 rings (SSSR count). The van der Waals surface area contributed by atoms with E-state index in [0.717, 1.165) is 0 Å². The number of rotatable bonds is 15. The maximum absolute atomic E-state index is 10.3. The van der Waals surface area contributed by atoms with Crippen LogP contribution >= 0.6 is 7.82 Å². The number of carbonyl (C=O) groups excluding carboxylic acids is 2. The molecule has 23 nitrogen and oxygen atoms in total. The van der Waals surface area contributed by atoms with Gasteiger partial charge in [-0.1, -0.05) is 0 Å². The van der Waals surface area contributed by atoms with E-state index in [9.17, 15) is 24.0 Å². The Hall–Kier alpha value is -2.58. The second-order valence-corrected chi connectivity index (χ2v) is 8.73. The lowest BCUT2D eigenvalue weighted by Crippen LogP contribution is -2.46. The quantitative estimate of drug-likeness (QED) is 0.0577. The van der Waals surface area contributed by atoms with Gasteiger partial charge in [0.05, 0.1) is 26.1 Å². The Morgan fingerprint density at radius 2 is 0.857 bits per heavy atom. The van der Waals surface area contributed by atoms with Gasteiger partial charge in [-0.25, -0.2) is 9.36 Å². The van der Waals surface area contributed by atoms with Gasteiger partial charge in [-0.3, -0.25) is 9.59 Å². The standard InChI is InChI=1S/C6H8O7.2C6H12O6.H3O4P/c7-3(8)1-6(13,5(11)12)2-4(9)10;2*7-1-3(9)5(11)6(12)4(10)2-8;1-5(2,3)4/h13H,1-2H2,(H,7,8)(H,9,10)(H,11,12);2*1,3-6,8-12H,2H2;(H3,1,2,3,4)/t;2*3-,4+,5+,6+;/m.00./s1. The van der Waals surface area contributed by atoms with Gasteiger partial charge >= 0.3 is 25.7 Å². The smallest absolute Gasteiger partial charge is 0.466 e. The number of aliphatic hydroxyl groups is 11. The van der Waals surface area contributed by atoms with Crippen LogP contribution in [-0.4, -0.2) is 184 Å². The molecule has 8 atom stereocenters. The summed E-state index contributed by atoms with van der Waals surface area (Å²) in [7, 11) is -4.64. The van der Waals surface area contributed by atoms with Gasteiger partial charge in [-0.05, 0) is 0 Å². The number of carboxylic acids is 3. The molecule has 0 aromatic heterocycles. The molecule has 0 aliphatic heterocycles. The predicted octanol–water partition coefficient (Wildman–Crippen LogP) is -8.93. The lowest BCUT2D eigenvalue weighted by atomic mass is 9.96. The molecule has 0 aliphatic carbocycles. The van der Waals surface area contributed by atoms with Gasteiger partial charge in [-0.2, -0.15) is 0 Å². The average molecular weight is 650 g/mol. The SMILES string of the molecule is O=C(O)CC(O)(CC(=O)O)C(=O)O.O=C[C@H](O)[C@@H](O)[C@H](O)[C@H](O)CO.O=C[C@H](O)[C@@H](O)[C@H](O)[C@H](O)CO.O=P(O)(O)O. The van der Waals surface area contributed by atoms with Crippen molar-refractivity contribution in [1.29, 1.82) is 0 Å². The molecule has 24 heteroatoms. The van der Waals surface area contributed by atoms with Crippen LogP contribution in [0.1, 0.15) is 12.8 Å². The number of hydrogen-bond donors (Lipinski definition) is 17. The van der Waals surface area contributed by atoms with Crippen LogP contribution in [-0.2, 0) is 28.5 Å². The summed E-state index contributed by atoms with van der Waals surface area (Å²) in [5.74, 6) is -5.02. The maximum atomic E-state index is 10.3. The van der Waals surface area contributed by atoms with Crippen LogP contribution in [0.25, 0.3) is 0 Å². The molecule has 0 aliphatic rings. The molecule has 0 spiro atoms. The van der Waals surface area contributed by atoms with Gasteiger partial charge in [0.1, 0.15) is 48.8 Å². The van der Waals surface area contributed by atoms with Crippen molar-refractivity contribution in [3.05, 3.63) is 0 Å². The van der Waals surface area contributed by atoms with Gasteiger partial charge in [0.15, 0.2) is 18.2 Å². The summed E-state index contributed by atoms with van der Waals surface area (Å²) in [6.45, 7) is -1.52. The van der Waals surface area contributed by atoms with Crippen molar-refractivity contribution in [3.63, 3.8) is 0 Å². The van der Waals surface area contributed by atoms with E-state index in [1.165, 1.54) is 0 Å². The number of carbonyl (C=O) groups is 5. The predicted molar refractivity (Wildman–Crippen MR) is 126 cm³/mol. The summed E-state index contributed by atoms with van der Waals surface area (Å²) in [5, 5.41) is 121. The molecule has 0 bridgehead atoms. The maximum Gasteiger partial charge on any atom is 0.466 e. The lowest BCUT2D eigenvalue weighted by Gasteiger charge is -2.22. The molecular weight excluding hydrogens is 615 g/mol. The first-order valence-electron chi connectivity index (χ1n) is 10.6. The monoisotopic (exact) mass is 650 g/mol. The molecule has 17 N–H and O–H groups in total. The molecule has 250 valence electrons. The Morgan fingerprint density at radius 3 is 1.00 bits per heavy atom. The van der Waals surface area contributed by atoms with E-state index in [2.05, 4.69) is 0 Å². The molecule has 42 heavy (non-hydrogen) atoms. The zero-order chi connectivity index (χ0) is 34.6. The number of carboxylic acid groups (broad SMARTS) is 3. The molecule has 0 saturated heterocycles. The fourth-order valence-electron chi connectivity index (χ4n) is 1.95. The minimum Gasteiger partial charge on any atom is -0.481 e. The Morgan fingerprint density at radius 1 is 0.619 bits per heavy atom. The van der Waals surface area contributed by atoms with Crippen molar-refractivity contribution < 1.29 is 115 Å². The summed E-state index contributed by atoms with van der Waals surface area (Å²) in [5.41, 5.74) is -2.74. The summed E-state index contributed by atoms with van der Waals surface area (Å²) >= 11 is 0. The Labute approximate surface area is 234 Å². The molecule has 0 aromatic carbocycles. The number of aliphatic hydroxyl groups excluding tert-OH is 10. The number of aliphatic carboxylic acids is 3. The van der Waals surface area contributed by atoms with E-state index in [0.29, 0.717) is 0 Å². The minimum atomic E-state index is -4.64. The van der Waals surface area contributed by atoms with E-state index >= 15 is 0 Å². The van der Waals surface area contributed by atoms with Crippen LogP contribution in [0, 0.1) is 0 Å². The molecule has 0 fully saturated rings. The van der Waals surface area contributed by atoms with Crippen molar-refractivity contribution in [1.82, 2.24) is 0 Å². The van der Waals surface area contributed by atoms with Crippen LogP contribution in [0.15, 0.2) is 0 Å².